The summed E-state index contributed by atoms with van der Waals surface area (Å²) in [5.41, 5.74) is 1.39. The van der Waals surface area contributed by atoms with Crippen molar-refractivity contribution in [2.45, 2.75) is 6.92 Å². The third-order valence-electron chi connectivity index (χ3n) is 3.51. The Morgan fingerprint density at radius 2 is 2.15 bits per heavy atom. The van der Waals surface area contributed by atoms with Crippen LogP contribution in [0.15, 0.2) is 41.3 Å². The number of rotatable bonds is 4. The van der Waals surface area contributed by atoms with Crippen molar-refractivity contribution in [3.8, 4) is 11.5 Å². The number of phenolic OH excluding ortho intramolecular Hbond substituents is 1. The first-order chi connectivity index (χ1) is 12.4. The van der Waals surface area contributed by atoms with Gasteiger partial charge in [-0.25, -0.2) is 0 Å². The minimum Gasteiger partial charge on any atom is -0.504 e. The van der Waals surface area contributed by atoms with Crippen molar-refractivity contribution >= 4 is 80.2 Å². The van der Waals surface area contributed by atoms with Crippen LogP contribution >= 0.6 is 58.2 Å². The van der Waals surface area contributed by atoms with Crippen molar-refractivity contribution in [3.05, 3.63) is 55.5 Å². The zero-order valence-electron chi connectivity index (χ0n) is 13.5. The smallest absolute Gasteiger partial charge is 0.270 e. The van der Waals surface area contributed by atoms with Gasteiger partial charge in [0.25, 0.3) is 5.91 Å². The summed E-state index contributed by atoms with van der Waals surface area (Å²) in [6, 6.07) is 10.5. The Kier molecular flexibility index (Phi) is 6.11. The normalized spacial score (nSPS) is 15.8. The standard InChI is InChI=1S/C18H13ClINO3S2/c1-2-24-14-7-10(6-13(20)16(14)22)8-15-17(23)21(18(25)26-15)12-5-3-4-11(19)9-12/h3-9,22H,2H2,1H3/b15-8-. The van der Waals surface area contributed by atoms with E-state index in [1.165, 1.54) is 16.7 Å². The highest BCUT2D eigenvalue weighted by Gasteiger charge is 2.33. The Bertz CT molecular complexity index is 933. The summed E-state index contributed by atoms with van der Waals surface area (Å²) in [4.78, 5) is 14.8. The highest BCUT2D eigenvalue weighted by molar-refractivity contribution is 14.1. The average molecular weight is 518 g/mol. The van der Waals surface area contributed by atoms with Crippen LogP contribution in [-0.2, 0) is 4.79 Å². The number of anilines is 1. The number of hydrogen-bond acceptors (Lipinski definition) is 5. The summed E-state index contributed by atoms with van der Waals surface area (Å²) in [6.45, 7) is 2.28. The molecule has 1 amide bonds. The van der Waals surface area contributed by atoms with E-state index in [9.17, 15) is 9.90 Å². The molecule has 1 fully saturated rings. The van der Waals surface area contributed by atoms with Gasteiger partial charge in [0.2, 0.25) is 0 Å². The Morgan fingerprint density at radius 3 is 2.85 bits per heavy atom. The molecule has 1 aliphatic rings. The first kappa shape index (κ1) is 19.5. The van der Waals surface area contributed by atoms with Gasteiger partial charge in [-0.1, -0.05) is 41.6 Å². The van der Waals surface area contributed by atoms with Crippen molar-refractivity contribution in [3.63, 3.8) is 0 Å². The number of thiocarbonyl (C=S) groups is 1. The van der Waals surface area contributed by atoms with E-state index < -0.39 is 0 Å². The molecular formula is C18H13ClINO3S2. The molecule has 4 nitrogen and oxygen atoms in total. The number of hydrogen-bond donors (Lipinski definition) is 1. The largest absolute Gasteiger partial charge is 0.504 e. The van der Waals surface area contributed by atoms with Gasteiger partial charge in [0.05, 0.1) is 20.8 Å². The number of benzene rings is 2. The molecule has 2 aromatic carbocycles. The van der Waals surface area contributed by atoms with Gasteiger partial charge in [-0.05, 0) is 71.5 Å². The predicted octanol–water partition coefficient (Wildman–Crippen LogP) is 5.45. The number of phenols is 1. The van der Waals surface area contributed by atoms with E-state index in [-0.39, 0.29) is 11.7 Å². The zero-order valence-corrected chi connectivity index (χ0v) is 18.1. The highest BCUT2D eigenvalue weighted by Crippen LogP contribution is 2.38. The molecule has 8 heteroatoms. The van der Waals surface area contributed by atoms with Crippen LogP contribution in [-0.4, -0.2) is 21.9 Å². The predicted molar refractivity (Wildman–Crippen MR) is 119 cm³/mol. The Labute approximate surface area is 179 Å². The van der Waals surface area contributed by atoms with Crippen molar-refractivity contribution in [1.82, 2.24) is 0 Å². The fraction of sp³-hybridized carbons (Fsp3) is 0.111. The van der Waals surface area contributed by atoms with Gasteiger partial charge in [-0.3, -0.25) is 9.69 Å². The fourth-order valence-corrected chi connectivity index (χ4v) is 4.51. The Morgan fingerprint density at radius 1 is 1.38 bits per heavy atom. The second-order valence-corrected chi connectivity index (χ2v) is 8.55. The number of aromatic hydroxyl groups is 1. The molecule has 0 unspecified atom stereocenters. The maximum absolute atomic E-state index is 12.8. The molecule has 0 bridgehead atoms. The second kappa shape index (κ2) is 8.16. The lowest BCUT2D eigenvalue weighted by Gasteiger charge is -2.14. The molecule has 3 rings (SSSR count). The van der Waals surface area contributed by atoms with Gasteiger partial charge >= 0.3 is 0 Å². The number of nitrogens with zero attached hydrogens (tertiary/aromatic N) is 1. The van der Waals surface area contributed by atoms with Crippen LogP contribution in [0.1, 0.15) is 12.5 Å². The zero-order chi connectivity index (χ0) is 18.8. The van der Waals surface area contributed by atoms with Crippen LogP contribution in [0.2, 0.25) is 5.02 Å². The molecule has 0 spiro atoms. The SMILES string of the molecule is CCOc1cc(/C=C2\SC(=S)N(c3cccc(Cl)c3)C2=O)cc(I)c1O. The van der Waals surface area contributed by atoms with Crippen LogP contribution < -0.4 is 9.64 Å². The highest BCUT2D eigenvalue weighted by atomic mass is 127. The third-order valence-corrected chi connectivity index (χ3v) is 5.87. The lowest BCUT2D eigenvalue weighted by molar-refractivity contribution is -0.113. The summed E-state index contributed by atoms with van der Waals surface area (Å²) >= 11 is 14.6. The maximum atomic E-state index is 12.8. The third kappa shape index (κ3) is 4.00. The van der Waals surface area contributed by atoms with E-state index >= 15 is 0 Å². The van der Waals surface area contributed by atoms with Crippen molar-refractivity contribution < 1.29 is 14.6 Å². The number of carbonyl (C=O) groups excluding carboxylic acids is 1. The molecule has 1 saturated heterocycles. The second-order valence-electron chi connectivity index (χ2n) is 5.28. The topological polar surface area (TPSA) is 49.8 Å². The number of halogens is 2. The molecule has 1 N–H and O–H groups in total. The van der Waals surface area contributed by atoms with Crippen LogP contribution in [0.3, 0.4) is 0 Å². The summed E-state index contributed by atoms with van der Waals surface area (Å²) in [7, 11) is 0. The quantitative estimate of drug-likeness (QED) is 0.332. The fourth-order valence-electron chi connectivity index (χ4n) is 2.40. The van der Waals surface area contributed by atoms with Gasteiger partial charge < -0.3 is 9.84 Å². The lowest BCUT2D eigenvalue weighted by atomic mass is 10.2. The summed E-state index contributed by atoms with van der Waals surface area (Å²) in [6.07, 6.45) is 1.74. The summed E-state index contributed by atoms with van der Waals surface area (Å²) in [5.74, 6) is 0.273. The monoisotopic (exact) mass is 517 g/mol. The van der Waals surface area contributed by atoms with E-state index in [0.29, 0.717) is 35.9 Å². The molecule has 0 aromatic heterocycles. The molecular weight excluding hydrogens is 505 g/mol. The lowest BCUT2D eigenvalue weighted by Crippen LogP contribution is -2.27. The summed E-state index contributed by atoms with van der Waals surface area (Å²) < 4.78 is 6.54. The van der Waals surface area contributed by atoms with E-state index in [1.54, 1.807) is 42.5 Å². The molecule has 0 radical (unpaired) electrons. The van der Waals surface area contributed by atoms with Crippen molar-refractivity contribution in [1.29, 1.82) is 0 Å². The Hall–Kier alpha value is -1.29. The minimum absolute atomic E-state index is 0.0936. The van der Waals surface area contributed by atoms with Gasteiger partial charge in [0.1, 0.15) is 0 Å². The van der Waals surface area contributed by atoms with E-state index in [1.807, 2.05) is 29.5 Å². The number of carbonyl (C=O) groups is 1. The average Bonchev–Trinajstić information content (AvgIpc) is 2.86. The van der Waals surface area contributed by atoms with Gasteiger partial charge in [-0.2, -0.15) is 0 Å². The minimum atomic E-state index is -0.205. The molecule has 0 saturated carbocycles. The number of ether oxygens (including phenoxy) is 1. The number of thioether (sulfide) groups is 1. The molecule has 1 heterocycles. The van der Waals surface area contributed by atoms with Gasteiger partial charge in [0, 0.05) is 5.02 Å². The van der Waals surface area contributed by atoms with E-state index in [2.05, 4.69) is 0 Å². The summed E-state index contributed by atoms with van der Waals surface area (Å²) in [5, 5.41) is 10.6. The van der Waals surface area contributed by atoms with Crippen LogP contribution in [0.25, 0.3) is 6.08 Å². The van der Waals surface area contributed by atoms with E-state index in [0.717, 1.165) is 5.56 Å². The molecule has 0 atom stereocenters. The maximum Gasteiger partial charge on any atom is 0.270 e. The first-order valence-electron chi connectivity index (χ1n) is 7.59. The number of amides is 1. The van der Waals surface area contributed by atoms with E-state index in [4.69, 9.17) is 28.6 Å². The first-order valence-corrected chi connectivity index (χ1v) is 10.3. The van der Waals surface area contributed by atoms with Crippen molar-refractivity contribution in [2.24, 2.45) is 0 Å². The van der Waals surface area contributed by atoms with Crippen LogP contribution in [0.5, 0.6) is 11.5 Å². The molecule has 1 aliphatic heterocycles. The Balaban J connectivity index is 1.96. The molecule has 134 valence electrons. The van der Waals surface area contributed by atoms with Crippen molar-refractivity contribution in [2.75, 3.05) is 11.5 Å². The molecule has 2 aromatic rings. The van der Waals surface area contributed by atoms with Crippen LogP contribution in [0, 0.1) is 3.57 Å². The molecule has 26 heavy (non-hydrogen) atoms. The van der Waals surface area contributed by atoms with Crippen LogP contribution in [0.4, 0.5) is 5.69 Å². The van der Waals surface area contributed by atoms with Gasteiger partial charge in [0.15, 0.2) is 15.8 Å². The van der Waals surface area contributed by atoms with Gasteiger partial charge in [-0.15, -0.1) is 0 Å². The molecule has 0 aliphatic carbocycles.